The molecule has 18 heavy (non-hydrogen) atoms. The van der Waals surface area contributed by atoms with Gasteiger partial charge in [-0.15, -0.1) is 0 Å². The molecule has 2 aromatic heterocycles. The van der Waals surface area contributed by atoms with E-state index in [0.717, 1.165) is 27.9 Å². The molecule has 0 aliphatic rings. The Kier molecular flexibility index (Phi) is 2.68. The molecule has 2 heterocycles. The van der Waals surface area contributed by atoms with E-state index in [-0.39, 0.29) is 6.04 Å². The zero-order chi connectivity index (χ0) is 12.5. The van der Waals surface area contributed by atoms with Gasteiger partial charge in [0.05, 0.1) is 18.6 Å². The normalized spacial score (nSPS) is 13.0. The fourth-order valence-corrected chi connectivity index (χ4v) is 2.28. The van der Waals surface area contributed by atoms with Gasteiger partial charge >= 0.3 is 0 Å². The highest BCUT2D eigenvalue weighted by atomic mass is 16.3. The molecule has 3 aromatic rings. The summed E-state index contributed by atoms with van der Waals surface area (Å²) >= 11 is 0. The number of nitrogens with one attached hydrogen (secondary N) is 1. The maximum atomic E-state index is 5.97. The lowest BCUT2D eigenvalue weighted by Gasteiger charge is -2.10. The first-order valence-electron chi connectivity index (χ1n) is 5.98. The van der Waals surface area contributed by atoms with Gasteiger partial charge in [-0.3, -0.25) is 0 Å². The van der Waals surface area contributed by atoms with Crippen molar-refractivity contribution in [3.63, 3.8) is 0 Å². The van der Waals surface area contributed by atoms with Crippen LogP contribution in [0.1, 0.15) is 22.9 Å². The third-order valence-electron chi connectivity index (χ3n) is 3.21. The van der Waals surface area contributed by atoms with E-state index in [2.05, 4.69) is 30.4 Å². The molecule has 0 bridgehead atoms. The summed E-state index contributed by atoms with van der Waals surface area (Å²) in [6.45, 7) is 2.06. The molecule has 0 radical (unpaired) electrons. The van der Waals surface area contributed by atoms with Crippen molar-refractivity contribution < 1.29 is 8.83 Å². The van der Waals surface area contributed by atoms with E-state index in [0.29, 0.717) is 0 Å². The summed E-state index contributed by atoms with van der Waals surface area (Å²) in [5.41, 5.74) is 3.17. The molecule has 3 heteroatoms. The Morgan fingerprint density at radius 2 is 2.11 bits per heavy atom. The van der Waals surface area contributed by atoms with Crippen molar-refractivity contribution in [2.75, 3.05) is 7.05 Å². The van der Waals surface area contributed by atoms with E-state index in [1.807, 2.05) is 19.2 Å². The quantitative estimate of drug-likeness (QED) is 0.760. The fraction of sp³-hybridized carbons (Fsp3) is 0.200. The van der Waals surface area contributed by atoms with Crippen molar-refractivity contribution in [1.29, 1.82) is 0 Å². The number of hydrogen-bond donors (Lipinski definition) is 1. The van der Waals surface area contributed by atoms with Crippen LogP contribution in [0.2, 0.25) is 0 Å². The summed E-state index contributed by atoms with van der Waals surface area (Å²) in [6.07, 6.45) is 3.41. The molecule has 1 unspecified atom stereocenters. The molecule has 0 aliphatic carbocycles. The highest BCUT2D eigenvalue weighted by Gasteiger charge is 2.18. The molecule has 1 atom stereocenters. The largest absolute Gasteiger partial charge is 0.472 e. The van der Waals surface area contributed by atoms with Crippen LogP contribution in [0.15, 0.2) is 51.7 Å². The van der Waals surface area contributed by atoms with Gasteiger partial charge in [-0.05, 0) is 31.7 Å². The average molecular weight is 241 g/mol. The van der Waals surface area contributed by atoms with Crippen LogP contribution in [-0.2, 0) is 0 Å². The van der Waals surface area contributed by atoms with Crippen LogP contribution in [0, 0.1) is 6.92 Å². The van der Waals surface area contributed by atoms with Crippen molar-refractivity contribution in [2.24, 2.45) is 0 Å². The summed E-state index contributed by atoms with van der Waals surface area (Å²) < 4.78 is 11.1. The Hall–Kier alpha value is -2.00. The number of para-hydroxylation sites is 1. The zero-order valence-corrected chi connectivity index (χ0v) is 10.4. The van der Waals surface area contributed by atoms with Gasteiger partial charge in [0, 0.05) is 10.9 Å². The molecule has 1 N–H and O–H groups in total. The Morgan fingerprint density at radius 1 is 1.22 bits per heavy atom. The third kappa shape index (κ3) is 1.73. The smallest absolute Gasteiger partial charge is 0.137 e. The SMILES string of the molecule is CNC(c1ccoc1)c1cc2cccc(C)c2o1. The molecule has 0 spiro atoms. The van der Waals surface area contributed by atoms with E-state index >= 15 is 0 Å². The first-order chi connectivity index (χ1) is 8.79. The van der Waals surface area contributed by atoms with E-state index in [1.165, 1.54) is 0 Å². The fourth-order valence-electron chi connectivity index (χ4n) is 2.28. The van der Waals surface area contributed by atoms with Crippen LogP contribution in [0.4, 0.5) is 0 Å². The van der Waals surface area contributed by atoms with Crippen LogP contribution in [-0.4, -0.2) is 7.05 Å². The van der Waals surface area contributed by atoms with Gasteiger partial charge in [0.2, 0.25) is 0 Å². The summed E-state index contributed by atoms with van der Waals surface area (Å²) in [4.78, 5) is 0. The van der Waals surface area contributed by atoms with Gasteiger partial charge in [0.1, 0.15) is 11.3 Å². The summed E-state index contributed by atoms with van der Waals surface area (Å²) in [5.74, 6) is 0.906. The summed E-state index contributed by atoms with van der Waals surface area (Å²) in [5, 5.41) is 4.38. The van der Waals surface area contributed by atoms with Gasteiger partial charge < -0.3 is 14.2 Å². The van der Waals surface area contributed by atoms with Crippen molar-refractivity contribution in [3.05, 3.63) is 59.7 Å². The lowest BCUT2D eigenvalue weighted by molar-refractivity contribution is 0.484. The van der Waals surface area contributed by atoms with Crippen molar-refractivity contribution >= 4 is 11.0 Å². The number of furan rings is 2. The molecule has 0 fully saturated rings. The first kappa shape index (κ1) is 11.1. The summed E-state index contributed by atoms with van der Waals surface area (Å²) in [6, 6.07) is 10.2. The maximum Gasteiger partial charge on any atom is 0.137 e. The van der Waals surface area contributed by atoms with E-state index in [9.17, 15) is 0 Å². The predicted octanol–water partition coefficient (Wildman–Crippen LogP) is 3.64. The zero-order valence-electron chi connectivity index (χ0n) is 10.4. The number of hydrogen-bond acceptors (Lipinski definition) is 3. The number of benzene rings is 1. The Bertz CT molecular complexity index is 652. The highest BCUT2D eigenvalue weighted by molar-refractivity contribution is 5.81. The highest BCUT2D eigenvalue weighted by Crippen LogP contribution is 2.29. The van der Waals surface area contributed by atoms with Gasteiger partial charge in [-0.25, -0.2) is 0 Å². The molecular weight excluding hydrogens is 226 g/mol. The molecule has 3 nitrogen and oxygen atoms in total. The molecule has 0 aliphatic heterocycles. The Balaban J connectivity index is 2.11. The second-order valence-corrected chi connectivity index (χ2v) is 4.42. The van der Waals surface area contributed by atoms with Gasteiger partial charge in [0.15, 0.2) is 0 Å². The van der Waals surface area contributed by atoms with Crippen LogP contribution in [0.5, 0.6) is 0 Å². The minimum atomic E-state index is 0.0237. The van der Waals surface area contributed by atoms with Crippen LogP contribution in [0.3, 0.4) is 0 Å². The van der Waals surface area contributed by atoms with Crippen LogP contribution in [0.25, 0.3) is 11.0 Å². The molecule has 92 valence electrons. The monoisotopic (exact) mass is 241 g/mol. The van der Waals surface area contributed by atoms with E-state index < -0.39 is 0 Å². The minimum absolute atomic E-state index is 0.0237. The van der Waals surface area contributed by atoms with Gasteiger partial charge in [0.25, 0.3) is 0 Å². The van der Waals surface area contributed by atoms with Gasteiger partial charge in [-0.1, -0.05) is 18.2 Å². The lowest BCUT2D eigenvalue weighted by atomic mass is 10.1. The van der Waals surface area contributed by atoms with Gasteiger partial charge in [-0.2, -0.15) is 0 Å². The van der Waals surface area contributed by atoms with Crippen molar-refractivity contribution in [2.45, 2.75) is 13.0 Å². The Labute approximate surface area is 105 Å². The number of rotatable bonds is 3. The molecule has 3 rings (SSSR count). The third-order valence-corrected chi connectivity index (χ3v) is 3.21. The lowest BCUT2D eigenvalue weighted by Crippen LogP contribution is -2.16. The second-order valence-electron chi connectivity index (χ2n) is 4.42. The van der Waals surface area contributed by atoms with Crippen molar-refractivity contribution in [1.82, 2.24) is 5.32 Å². The molecule has 1 aromatic carbocycles. The minimum Gasteiger partial charge on any atom is -0.472 e. The van der Waals surface area contributed by atoms with Crippen LogP contribution >= 0.6 is 0 Å². The summed E-state index contributed by atoms with van der Waals surface area (Å²) in [7, 11) is 1.91. The van der Waals surface area contributed by atoms with Crippen LogP contribution < -0.4 is 5.32 Å². The van der Waals surface area contributed by atoms with E-state index in [1.54, 1.807) is 12.5 Å². The number of fused-ring (bicyclic) bond motifs is 1. The first-order valence-corrected chi connectivity index (χ1v) is 5.98. The topological polar surface area (TPSA) is 38.3 Å². The molecule has 0 saturated heterocycles. The predicted molar refractivity (Wildman–Crippen MR) is 70.6 cm³/mol. The standard InChI is InChI=1S/C15H15NO2/c1-10-4-3-5-11-8-13(18-15(10)11)14(16-2)12-6-7-17-9-12/h3-9,14,16H,1-2H3. The second kappa shape index (κ2) is 4.35. The maximum absolute atomic E-state index is 5.97. The number of aryl methyl sites for hydroxylation is 1. The van der Waals surface area contributed by atoms with Crippen molar-refractivity contribution in [3.8, 4) is 0 Å². The molecule has 0 amide bonds. The molecular formula is C15H15NO2. The Morgan fingerprint density at radius 3 is 2.78 bits per heavy atom. The van der Waals surface area contributed by atoms with E-state index in [4.69, 9.17) is 8.83 Å². The average Bonchev–Trinajstić information content (AvgIpc) is 3.00. The molecule has 0 saturated carbocycles.